The highest BCUT2D eigenvalue weighted by molar-refractivity contribution is 5.83. The molecule has 2 rings (SSSR count). The third-order valence-corrected chi connectivity index (χ3v) is 2.87. The summed E-state index contributed by atoms with van der Waals surface area (Å²) in [5, 5.41) is 0. The lowest BCUT2D eigenvalue weighted by molar-refractivity contribution is -0.136. The zero-order chi connectivity index (χ0) is 13.8. The summed E-state index contributed by atoms with van der Waals surface area (Å²) < 4.78 is 30.8. The molecule has 1 aromatic carbocycles. The third-order valence-electron chi connectivity index (χ3n) is 2.87. The molecular formula is C13H13F2NO3. The van der Waals surface area contributed by atoms with Crippen LogP contribution in [0.25, 0.3) is 0 Å². The summed E-state index contributed by atoms with van der Waals surface area (Å²) in [6.07, 6.45) is 0.695. The van der Waals surface area contributed by atoms with E-state index in [4.69, 9.17) is 4.74 Å². The van der Waals surface area contributed by atoms with Gasteiger partial charge in [-0.15, -0.1) is 0 Å². The van der Waals surface area contributed by atoms with Crippen molar-refractivity contribution >= 4 is 11.7 Å². The van der Waals surface area contributed by atoms with Crippen LogP contribution in [0.4, 0.5) is 8.78 Å². The monoisotopic (exact) mass is 269 g/mol. The van der Waals surface area contributed by atoms with Gasteiger partial charge in [0.15, 0.2) is 6.61 Å². The van der Waals surface area contributed by atoms with E-state index < -0.39 is 11.6 Å². The Hall–Kier alpha value is -1.98. The number of carbonyl (C=O) groups excluding carboxylic acids is 2. The van der Waals surface area contributed by atoms with E-state index in [1.165, 1.54) is 4.90 Å². The van der Waals surface area contributed by atoms with E-state index in [2.05, 4.69) is 0 Å². The number of hydrogen-bond donors (Lipinski definition) is 0. The number of piperidine rings is 1. The highest BCUT2D eigenvalue weighted by atomic mass is 19.1. The molecule has 1 fully saturated rings. The Morgan fingerprint density at radius 3 is 2.32 bits per heavy atom. The van der Waals surface area contributed by atoms with Crippen molar-refractivity contribution in [3.05, 3.63) is 29.8 Å². The predicted molar refractivity (Wildman–Crippen MR) is 62.7 cm³/mol. The number of ether oxygens (including phenoxy) is 1. The molecule has 0 saturated carbocycles. The summed E-state index contributed by atoms with van der Waals surface area (Å²) in [7, 11) is 0. The quantitative estimate of drug-likeness (QED) is 0.836. The first-order valence-electron chi connectivity index (χ1n) is 5.93. The molecule has 6 heteroatoms. The van der Waals surface area contributed by atoms with Crippen LogP contribution in [0, 0.1) is 11.6 Å². The van der Waals surface area contributed by atoms with E-state index in [0.29, 0.717) is 25.9 Å². The molecule has 102 valence electrons. The number of likely N-dealkylation sites (tertiary alicyclic amines) is 1. The normalized spacial score (nSPS) is 15.5. The fourth-order valence-corrected chi connectivity index (χ4v) is 1.85. The molecule has 1 aliphatic heterocycles. The van der Waals surface area contributed by atoms with Gasteiger partial charge in [0.1, 0.15) is 23.2 Å². The van der Waals surface area contributed by atoms with Crippen molar-refractivity contribution in [3.8, 4) is 5.75 Å². The van der Waals surface area contributed by atoms with Gasteiger partial charge in [0.25, 0.3) is 5.91 Å². The zero-order valence-corrected chi connectivity index (χ0v) is 10.2. The lowest BCUT2D eigenvalue weighted by Gasteiger charge is -2.25. The fraction of sp³-hybridized carbons (Fsp3) is 0.385. The topological polar surface area (TPSA) is 46.6 Å². The van der Waals surface area contributed by atoms with Crippen molar-refractivity contribution in [3.63, 3.8) is 0 Å². The molecule has 1 amide bonds. The van der Waals surface area contributed by atoms with Gasteiger partial charge in [-0.1, -0.05) is 0 Å². The fourth-order valence-electron chi connectivity index (χ4n) is 1.85. The number of carbonyl (C=O) groups is 2. The first kappa shape index (κ1) is 13.5. The van der Waals surface area contributed by atoms with Crippen LogP contribution in [-0.4, -0.2) is 36.3 Å². The van der Waals surface area contributed by atoms with Crippen molar-refractivity contribution in [1.82, 2.24) is 4.90 Å². The summed E-state index contributed by atoms with van der Waals surface area (Å²) in [5.41, 5.74) is 0. The average molecular weight is 269 g/mol. The van der Waals surface area contributed by atoms with Crippen molar-refractivity contribution in [2.45, 2.75) is 12.8 Å². The van der Waals surface area contributed by atoms with Crippen molar-refractivity contribution in [1.29, 1.82) is 0 Å². The maximum atomic E-state index is 12.9. The highest BCUT2D eigenvalue weighted by Crippen LogP contribution is 2.15. The van der Waals surface area contributed by atoms with Crippen LogP contribution in [0.1, 0.15) is 12.8 Å². The van der Waals surface area contributed by atoms with Gasteiger partial charge in [0, 0.05) is 44.1 Å². The standard InChI is InChI=1S/C13H13F2NO3/c14-9-5-10(15)7-12(6-9)19-8-13(18)16-3-1-11(17)2-4-16/h5-7H,1-4,8H2. The van der Waals surface area contributed by atoms with Crippen LogP contribution in [-0.2, 0) is 9.59 Å². The number of rotatable bonds is 3. The van der Waals surface area contributed by atoms with Gasteiger partial charge in [-0.25, -0.2) is 8.78 Å². The van der Waals surface area contributed by atoms with Crippen LogP contribution < -0.4 is 4.74 Å². The van der Waals surface area contributed by atoms with Gasteiger partial charge < -0.3 is 9.64 Å². The Morgan fingerprint density at radius 1 is 1.16 bits per heavy atom. The minimum absolute atomic E-state index is 0.0288. The molecule has 0 aliphatic carbocycles. The molecule has 0 bridgehead atoms. The smallest absolute Gasteiger partial charge is 0.260 e. The molecule has 0 atom stereocenters. The van der Waals surface area contributed by atoms with Crippen molar-refractivity contribution in [2.24, 2.45) is 0 Å². The second-order valence-electron chi connectivity index (χ2n) is 4.31. The Labute approximate surface area is 109 Å². The van der Waals surface area contributed by atoms with Crippen LogP contribution >= 0.6 is 0 Å². The molecular weight excluding hydrogens is 256 g/mol. The lowest BCUT2D eigenvalue weighted by Crippen LogP contribution is -2.41. The minimum atomic E-state index is -0.758. The molecule has 0 N–H and O–H groups in total. The highest BCUT2D eigenvalue weighted by Gasteiger charge is 2.20. The number of nitrogens with zero attached hydrogens (tertiary/aromatic N) is 1. The molecule has 1 aromatic rings. The van der Waals surface area contributed by atoms with Crippen molar-refractivity contribution < 1.29 is 23.1 Å². The summed E-state index contributed by atoms with van der Waals surface area (Å²) in [6.45, 7) is 0.453. The largest absolute Gasteiger partial charge is 0.484 e. The number of amides is 1. The maximum absolute atomic E-state index is 12.9. The predicted octanol–water partition coefficient (Wildman–Crippen LogP) is 1.54. The molecule has 19 heavy (non-hydrogen) atoms. The summed E-state index contributed by atoms with van der Waals surface area (Å²) in [5.74, 6) is -1.70. The summed E-state index contributed by atoms with van der Waals surface area (Å²) >= 11 is 0. The summed E-state index contributed by atoms with van der Waals surface area (Å²) in [4.78, 5) is 24.3. The Kier molecular flexibility index (Phi) is 4.09. The first-order valence-corrected chi connectivity index (χ1v) is 5.93. The Bertz CT molecular complexity index is 474. The van der Waals surface area contributed by atoms with E-state index in [9.17, 15) is 18.4 Å². The average Bonchev–Trinajstić information content (AvgIpc) is 2.36. The van der Waals surface area contributed by atoms with Crippen LogP contribution in [0.15, 0.2) is 18.2 Å². The number of hydrogen-bond acceptors (Lipinski definition) is 3. The van der Waals surface area contributed by atoms with Gasteiger partial charge in [0.05, 0.1) is 0 Å². The number of halogens is 2. The molecule has 0 aromatic heterocycles. The van der Waals surface area contributed by atoms with E-state index >= 15 is 0 Å². The van der Waals surface area contributed by atoms with Crippen LogP contribution in [0.3, 0.4) is 0 Å². The molecule has 1 heterocycles. The molecule has 4 nitrogen and oxygen atoms in total. The van der Waals surface area contributed by atoms with E-state index in [0.717, 1.165) is 18.2 Å². The lowest BCUT2D eigenvalue weighted by atomic mass is 10.1. The molecule has 1 saturated heterocycles. The van der Waals surface area contributed by atoms with Gasteiger partial charge in [-0.05, 0) is 0 Å². The zero-order valence-electron chi connectivity index (χ0n) is 10.2. The molecule has 0 radical (unpaired) electrons. The molecule has 0 unspecified atom stereocenters. The van der Waals surface area contributed by atoms with E-state index in [1.54, 1.807) is 0 Å². The Balaban J connectivity index is 1.87. The van der Waals surface area contributed by atoms with E-state index in [1.807, 2.05) is 0 Å². The van der Waals surface area contributed by atoms with E-state index in [-0.39, 0.29) is 24.0 Å². The van der Waals surface area contributed by atoms with Gasteiger partial charge in [-0.3, -0.25) is 9.59 Å². The third kappa shape index (κ3) is 3.74. The first-order chi connectivity index (χ1) is 9.04. The molecule has 0 spiro atoms. The number of benzene rings is 1. The molecule has 1 aliphatic rings. The number of Topliss-reactive ketones (excluding diaryl/α,β-unsaturated/α-hetero) is 1. The maximum Gasteiger partial charge on any atom is 0.260 e. The van der Waals surface area contributed by atoms with Crippen LogP contribution in [0.5, 0.6) is 5.75 Å². The second kappa shape index (κ2) is 5.77. The van der Waals surface area contributed by atoms with Crippen molar-refractivity contribution in [2.75, 3.05) is 19.7 Å². The van der Waals surface area contributed by atoms with Gasteiger partial charge in [0.2, 0.25) is 0 Å². The number of ketones is 1. The van der Waals surface area contributed by atoms with Gasteiger partial charge in [-0.2, -0.15) is 0 Å². The minimum Gasteiger partial charge on any atom is -0.484 e. The Morgan fingerprint density at radius 2 is 1.74 bits per heavy atom. The summed E-state index contributed by atoms with van der Waals surface area (Å²) in [6, 6.07) is 2.75. The van der Waals surface area contributed by atoms with Crippen LogP contribution in [0.2, 0.25) is 0 Å². The van der Waals surface area contributed by atoms with Gasteiger partial charge >= 0.3 is 0 Å². The SMILES string of the molecule is O=C1CCN(C(=O)COc2cc(F)cc(F)c2)CC1. The second-order valence-corrected chi connectivity index (χ2v) is 4.31.